The van der Waals surface area contributed by atoms with Crippen LogP contribution >= 0.6 is 0 Å². The zero-order valence-electron chi connectivity index (χ0n) is 8.63. The van der Waals surface area contributed by atoms with Crippen molar-refractivity contribution in [3.05, 3.63) is 35.9 Å². The molecule has 1 aromatic rings. The van der Waals surface area contributed by atoms with Crippen LogP contribution in [-0.2, 0) is 21.0 Å². The highest BCUT2D eigenvalue weighted by Crippen LogP contribution is 2.13. The number of carbonyl (C=O) groups excluding carboxylic acids is 2. The summed E-state index contributed by atoms with van der Waals surface area (Å²) in [6.45, 7) is 0.186. The van der Waals surface area contributed by atoms with E-state index in [0.717, 1.165) is 10.6 Å². The Morgan fingerprint density at radius 2 is 2.00 bits per heavy atom. The number of hydrogen-bond acceptors (Lipinski definition) is 4. The van der Waals surface area contributed by atoms with E-state index in [4.69, 9.17) is 10.6 Å². The van der Waals surface area contributed by atoms with Gasteiger partial charge in [0.1, 0.15) is 6.61 Å². The lowest BCUT2D eigenvalue weighted by Gasteiger charge is -2.13. The largest absolute Gasteiger partial charge is 0.319 e. The van der Waals surface area contributed by atoms with Gasteiger partial charge in [-0.05, 0) is 5.56 Å². The second-order valence-electron chi connectivity index (χ2n) is 3.60. The van der Waals surface area contributed by atoms with E-state index in [1.807, 2.05) is 30.3 Å². The second kappa shape index (κ2) is 4.42. The Bertz CT molecular complexity index is 405. The third-order valence-electron chi connectivity index (χ3n) is 2.34. The molecule has 1 atom stereocenters. The van der Waals surface area contributed by atoms with Crippen LogP contribution in [0, 0.1) is 0 Å². The highest BCUT2D eigenvalue weighted by molar-refractivity contribution is 6.04. The maximum Gasteiger partial charge on any atom is 0.270 e. The summed E-state index contributed by atoms with van der Waals surface area (Å²) in [4.78, 5) is 27.8. The molecule has 0 radical (unpaired) electrons. The molecule has 1 aliphatic rings. The minimum Gasteiger partial charge on any atom is -0.319 e. The van der Waals surface area contributed by atoms with Crippen LogP contribution in [0.2, 0.25) is 0 Å². The molecular formula is C11H12N2O3. The average Bonchev–Trinajstić information content (AvgIpc) is 2.53. The first-order chi connectivity index (χ1) is 7.68. The third-order valence-corrected chi connectivity index (χ3v) is 2.34. The van der Waals surface area contributed by atoms with Gasteiger partial charge in [-0.1, -0.05) is 30.3 Å². The minimum absolute atomic E-state index is 0.0215. The Balaban J connectivity index is 1.96. The van der Waals surface area contributed by atoms with Gasteiger partial charge in [-0.3, -0.25) is 14.4 Å². The Hall–Kier alpha value is -1.72. The van der Waals surface area contributed by atoms with Crippen molar-refractivity contribution in [3.63, 3.8) is 0 Å². The molecule has 0 spiro atoms. The Morgan fingerprint density at radius 3 is 2.56 bits per heavy atom. The number of hydrogen-bond donors (Lipinski definition) is 1. The van der Waals surface area contributed by atoms with Crippen LogP contribution < -0.4 is 5.73 Å². The van der Waals surface area contributed by atoms with Crippen molar-refractivity contribution >= 4 is 11.8 Å². The lowest BCUT2D eigenvalue weighted by atomic mass is 10.2. The number of carbonyl (C=O) groups is 2. The molecule has 0 aliphatic carbocycles. The average molecular weight is 220 g/mol. The van der Waals surface area contributed by atoms with Crippen molar-refractivity contribution in [1.29, 1.82) is 0 Å². The maximum atomic E-state index is 11.4. The number of nitrogens with zero attached hydrogens (tertiary/aromatic N) is 1. The summed E-state index contributed by atoms with van der Waals surface area (Å²) in [5.41, 5.74) is 6.33. The Kier molecular flexibility index (Phi) is 2.98. The zero-order chi connectivity index (χ0) is 11.5. The van der Waals surface area contributed by atoms with E-state index in [9.17, 15) is 9.59 Å². The maximum absolute atomic E-state index is 11.4. The van der Waals surface area contributed by atoms with Gasteiger partial charge in [-0.25, -0.2) is 0 Å². The molecular weight excluding hydrogens is 208 g/mol. The number of amides is 2. The molecule has 0 saturated carbocycles. The Morgan fingerprint density at radius 1 is 1.31 bits per heavy atom. The molecule has 2 amide bonds. The zero-order valence-corrected chi connectivity index (χ0v) is 8.63. The number of rotatable bonds is 3. The summed E-state index contributed by atoms with van der Waals surface area (Å²) in [5, 5.41) is 0.762. The van der Waals surface area contributed by atoms with Gasteiger partial charge in [-0.2, -0.15) is 5.06 Å². The van der Waals surface area contributed by atoms with Gasteiger partial charge in [0.2, 0.25) is 0 Å². The molecule has 0 aromatic heterocycles. The number of imide groups is 1. The molecule has 5 nitrogen and oxygen atoms in total. The lowest BCUT2D eigenvalue weighted by Crippen LogP contribution is -2.35. The summed E-state index contributed by atoms with van der Waals surface area (Å²) in [5.74, 6) is -0.852. The molecule has 0 bridgehead atoms. The second-order valence-corrected chi connectivity index (χ2v) is 3.60. The first-order valence-electron chi connectivity index (χ1n) is 4.97. The topological polar surface area (TPSA) is 72.6 Å². The fourth-order valence-corrected chi connectivity index (χ4v) is 1.48. The van der Waals surface area contributed by atoms with Gasteiger partial charge in [0.25, 0.3) is 11.8 Å². The molecule has 2 N–H and O–H groups in total. The molecule has 2 rings (SSSR count). The van der Waals surface area contributed by atoms with Crippen molar-refractivity contribution in [2.24, 2.45) is 5.73 Å². The van der Waals surface area contributed by atoms with Gasteiger partial charge in [-0.15, -0.1) is 0 Å². The summed E-state index contributed by atoms with van der Waals surface area (Å²) >= 11 is 0. The van der Waals surface area contributed by atoms with E-state index in [1.165, 1.54) is 0 Å². The van der Waals surface area contributed by atoms with E-state index in [1.54, 1.807) is 0 Å². The van der Waals surface area contributed by atoms with Gasteiger partial charge in [0, 0.05) is 0 Å². The molecule has 1 aliphatic heterocycles. The van der Waals surface area contributed by atoms with Crippen molar-refractivity contribution in [2.45, 2.75) is 19.1 Å². The molecule has 5 heteroatoms. The van der Waals surface area contributed by atoms with Gasteiger partial charge in [0.05, 0.1) is 12.5 Å². The standard InChI is InChI=1S/C11H12N2O3/c12-9-6-10(14)13(11(9)15)16-7-8-4-2-1-3-5-8/h1-5,9H,6-7,12H2/t9-/m0/s1. The SMILES string of the molecule is N[C@H]1CC(=O)N(OCc2ccccc2)C1=O. The minimum atomic E-state index is -0.761. The third kappa shape index (κ3) is 2.10. The number of nitrogens with two attached hydrogens (primary N) is 1. The fraction of sp³-hybridized carbons (Fsp3) is 0.273. The molecule has 16 heavy (non-hydrogen) atoms. The van der Waals surface area contributed by atoms with E-state index in [2.05, 4.69) is 0 Å². The molecule has 0 unspecified atom stereocenters. The molecule has 1 fully saturated rings. The van der Waals surface area contributed by atoms with Crippen LogP contribution in [0.25, 0.3) is 0 Å². The molecule has 1 aromatic carbocycles. The predicted octanol–water partition coefficient (Wildman–Crippen LogP) is 0.204. The van der Waals surface area contributed by atoms with Crippen molar-refractivity contribution in [3.8, 4) is 0 Å². The van der Waals surface area contributed by atoms with Gasteiger partial charge < -0.3 is 5.73 Å². The highest BCUT2D eigenvalue weighted by atomic mass is 16.7. The van der Waals surface area contributed by atoms with Gasteiger partial charge in [0.15, 0.2) is 0 Å². The smallest absolute Gasteiger partial charge is 0.270 e. The number of benzene rings is 1. The van der Waals surface area contributed by atoms with E-state index in [-0.39, 0.29) is 18.9 Å². The van der Waals surface area contributed by atoms with Crippen molar-refractivity contribution < 1.29 is 14.4 Å². The molecule has 1 heterocycles. The van der Waals surface area contributed by atoms with Crippen LogP contribution in [0.1, 0.15) is 12.0 Å². The highest BCUT2D eigenvalue weighted by Gasteiger charge is 2.37. The van der Waals surface area contributed by atoms with E-state index < -0.39 is 11.9 Å². The summed E-state index contributed by atoms with van der Waals surface area (Å²) < 4.78 is 0. The summed E-state index contributed by atoms with van der Waals surface area (Å²) in [7, 11) is 0. The van der Waals surface area contributed by atoms with Crippen LogP contribution in [0.15, 0.2) is 30.3 Å². The van der Waals surface area contributed by atoms with Crippen LogP contribution in [0.5, 0.6) is 0 Å². The molecule has 84 valence electrons. The monoisotopic (exact) mass is 220 g/mol. The summed E-state index contributed by atoms with van der Waals surface area (Å²) in [6.07, 6.45) is 0.0215. The van der Waals surface area contributed by atoms with Crippen molar-refractivity contribution in [1.82, 2.24) is 5.06 Å². The van der Waals surface area contributed by atoms with E-state index >= 15 is 0 Å². The Labute approximate surface area is 92.7 Å². The van der Waals surface area contributed by atoms with Crippen molar-refractivity contribution in [2.75, 3.05) is 0 Å². The van der Waals surface area contributed by atoms with Crippen LogP contribution in [0.4, 0.5) is 0 Å². The first kappa shape index (κ1) is 10.8. The van der Waals surface area contributed by atoms with Gasteiger partial charge >= 0.3 is 0 Å². The normalized spacial score (nSPS) is 20.6. The quantitative estimate of drug-likeness (QED) is 0.739. The lowest BCUT2D eigenvalue weighted by molar-refractivity contribution is -0.191. The van der Waals surface area contributed by atoms with E-state index in [0.29, 0.717) is 0 Å². The molecule has 1 saturated heterocycles. The number of hydroxylamine groups is 2. The predicted molar refractivity (Wildman–Crippen MR) is 55.7 cm³/mol. The van der Waals surface area contributed by atoms with Crippen LogP contribution in [0.3, 0.4) is 0 Å². The van der Waals surface area contributed by atoms with Crippen LogP contribution in [-0.4, -0.2) is 22.9 Å². The fourth-order valence-electron chi connectivity index (χ4n) is 1.48. The summed E-state index contributed by atoms with van der Waals surface area (Å²) in [6, 6.07) is 8.54. The first-order valence-corrected chi connectivity index (χ1v) is 4.97.